The molecule has 1 atom stereocenters. The van der Waals surface area contributed by atoms with E-state index in [1.807, 2.05) is 0 Å². The van der Waals surface area contributed by atoms with E-state index in [2.05, 4.69) is 20.9 Å². The van der Waals surface area contributed by atoms with Crippen molar-refractivity contribution < 1.29 is 28.7 Å². The van der Waals surface area contributed by atoms with Crippen LogP contribution >= 0.6 is 11.3 Å². The molecule has 15 heteroatoms. The molecule has 1 unspecified atom stereocenters. The number of nitrogens with zero attached hydrogens (tertiary/aromatic N) is 1. The monoisotopic (exact) mass is 546 g/mol. The molecule has 2 rings (SSSR count). The van der Waals surface area contributed by atoms with Gasteiger partial charge in [-0.15, -0.1) is 11.3 Å². The van der Waals surface area contributed by atoms with Crippen molar-refractivity contribution in [2.24, 2.45) is 11.5 Å². The molecule has 0 aliphatic rings. The van der Waals surface area contributed by atoms with Gasteiger partial charge in [-0.05, 0) is 18.1 Å². The van der Waals surface area contributed by atoms with Crippen molar-refractivity contribution in [3.05, 3.63) is 51.5 Å². The Morgan fingerprint density at radius 3 is 2.42 bits per heavy atom. The molecule has 0 aliphatic carbocycles. The van der Waals surface area contributed by atoms with E-state index in [1.165, 1.54) is 13.3 Å². The summed E-state index contributed by atoms with van der Waals surface area (Å²) in [5, 5.41) is 23.2. The Morgan fingerprint density at radius 1 is 1.08 bits per heavy atom. The minimum atomic E-state index is -1.72. The van der Waals surface area contributed by atoms with Crippen LogP contribution in [0.1, 0.15) is 33.9 Å². The average Bonchev–Trinajstić information content (AvgIpc) is 3.38. The van der Waals surface area contributed by atoms with Crippen LogP contribution in [-0.4, -0.2) is 66.8 Å². The van der Waals surface area contributed by atoms with E-state index >= 15 is 0 Å². The highest BCUT2D eigenvalue weighted by atomic mass is 32.1. The molecule has 0 bridgehead atoms. The Hall–Kier alpha value is -4.53. The van der Waals surface area contributed by atoms with Crippen molar-refractivity contribution in [2.45, 2.75) is 31.3 Å². The summed E-state index contributed by atoms with van der Waals surface area (Å²) in [6.07, 6.45) is -0.0251. The third kappa shape index (κ3) is 8.55. The highest BCUT2D eigenvalue weighted by Gasteiger charge is 2.41. The first-order valence-corrected chi connectivity index (χ1v) is 12.0. The Bertz CT molecular complexity index is 1220. The third-order valence-corrected chi connectivity index (χ3v) is 6.38. The molecule has 0 aliphatic heterocycles. The van der Waals surface area contributed by atoms with E-state index in [4.69, 9.17) is 31.8 Å². The number of aromatic nitrogens is 1. The lowest BCUT2D eigenvalue weighted by molar-refractivity contribution is -0.141. The van der Waals surface area contributed by atoms with Crippen LogP contribution in [0.4, 0.5) is 4.79 Å². The van der Waals surface area contributed by atoms with Gasteiger partial charge in [0.1, 0.15) is 22.2 Å². The molecule has 3 amide bonds. The van der Waals surface area contributed by atoms with Gasteiger partial charge in [0, 0.05) is 24.6 Å². The summed E-state index contributed by atoms with van der Waals surface area (Å²) in [6, 6.07) is 6.50. The standard InChI is InChI=1S/C23H30N8O6S/c1-36-18(33)6-7-23(31-22(35)37-2,9-13-4-3-5-14(8-13)19(24)25)21(34)30-11-16(32)28-12-17-29-10-15(38-17)20(26)27/h3-5,8,10H,6-7,9,11-12H2,1-2H3,(H3,24,25)(H3,26,27)(H,28,32)(H,30,34)(H,31,35). The summed E-state index contributed by atoms with van der Waals surface area (Å²) < 4.78 is 9.41. The first-order chi connectivity index (χ1) is 18.0. The average molecular weight is 547 g/mol. The molecule has 1 heterocycles. The number of nitrogen functional groups attached to an aromatic ring is 2. The zero-order valence-electron chi connectivity index (χ0n) is 20.9. The van der Waals surface area contributed by atoms with Gasteiger partial charge in [-0.1, -0.05) is 18.2 Å². The first kappa shape index (κ1) is 29.7. The molecule has 0 saturated carbocycles. The second kappa shape index (κ2) is 13.7. The molecule has 1 aromatic carbocycles. The van der Waals surface area contributed by atoms with E-state index in [0.29, 0.717) is 21.0 Å². The number of amidine groups is 2. The molecule has 14 nitrogen and oxygen atoms in total. The number of ether oxygens (including phenoxy) is 2. The van der Waals surface area contributed by atoms with Gasteiger partial charge in [0.25, 0.3) is 0 Å². The molecular formula is C23H30N8O6S. The predicted molar refractivity (Wildman–Crippen MR) is 139 cm³/mol. The maximum absolute atomic E-state index is 13.5. The topological polar surface area (TPSA) is 235 Å². The molecule has 9 N–H and O–H groups in total. The fourth-order valence-corrected chi connectivity index (χ4v) is 4.11. The second-order valence-corrected chi connectivity index (χ2v) is 9.17. The molecule has 2 aromatic rings. The van der Waals surface area contributed by atoms with Crippen LogP contribution in [-0.2, 0) is 36.8 Å². The zero-order valence-corrected chi connectivity index (χ0v) is 21.7. The molecule has 0 saturated heterocycles. The van der Waals surface area contributed by atoms with Gasteiger partial charge in [-0.2, -0.15) is 0 Å². The van der Waals surface area contributed by atoms with Gasteiger partial charge in [0.2, 0.25) is 11.8 Å². The molecule has 0 fully saturated rings. The molecule has 38 heavy (non-hydrogen) atoms. The molecule has 204 valence electrons. The highest BCUT2D eigenvalue weighted by molar-refractivity contribution is 7.13. The van der Waals surface area contributed by atoms with Gasteiger partial charge in [-0.25, -0.2) is 9.78 Å². The number of carbonyl (C=O) groups is 4. The largest absolute Gasteiger partial charge is 0.469 e. The fraction of sp³-hybridized carbons (Fsp3) is 0.348. The minimum Gasteiger partial charge on any atom is -0.469 e. The fourth-order valence-electron chi connectivity index (χ4n) is 3.39. The molecule has 0 spiro atoms. The van der Waals surface area contributed by atoms with Crippen LogP contribution in [0, 0.1) is 10.8 Å². The van der Waals surface area contributed by atoms with E-state index in [-0.39, 0.29) is 37.5 Å². The SMILES string of the molecule is COC(=O)CCC(Cc1cccc(C(=N)N)c1)(NC(=O)OC)C(=O)NCC(=O)NCc1ncc(C(=N)N)s1. The Balaban J connectivity index is 2.23. The molecule has 1 aromatic heterocycles. The number of alkyl carbamates (subject to hydrolysis) is 1. The third-order valence-electron chi connectivity index (χ3n) is 5.35. The Morgan fingerprint density at radius 2 is 1.82 bits per heavy atom. The quantitative estimate of drug-likeness (QED) is 0.0993. The Kier molecular flexibility index (Phi) is 10.7. The maximum Gasteiger partial charge on any atom is 0.407 e. The van der Waals surface area contributed by atoms with Gasteiger partial charge >= 0.3 is 12.1 Å². The summed E-state index contributed by atoms with van der Waals surface area (Å²) in [4.78, 5) is 54.6. The smallest absolute Gasteiger partial charge is 0.407 e. The molecular weight excluding hydrogens is 516 g/mol. The number of methoxy groups -OCH3 is 2. The summed E-state index contributed by atoms with van der Waals surface area (Å²) in [7, 11) is 2.32. The van der Waals surface area contributed by atoms with Crippen molar-refractivity contribution >= 4 is 46.9 Å². The predicted octanol–water partition coefficient (Wildman–Crippen LogP) is -0.266. The summed E-state index contributed by atoms with van der Waals surface area (Å²) >= 11 is 1.14. The lowest BCUT2D eigenvalue weighted by Crippen LogP contribution is -2.61. The van der Waals surface area contributed by atoms with Gasteiger partial charge < -0.3 is 36.9 Å². The number of amides is 3. The van der Waals surface area contributed by atoms with Crippen molar-refractivity contribution in [1.82, 2.24) is 20.9 Å². The minimum absolute atomic E-state index is 0.0540. The van der Waals surface area contributed by atoms with Gasteiger partial charge in [-0.3, -0.25) is 25.2 Å². The Labute approximate surface area is 222 Å². The molecule has 0 radical (unpaired) electrons. The normalized spacial score (nSPS) is 11.9. The number of nitrogens with one attached hydrogen (secondary N) is 5. The van der Waals surface area contributed by atoms with E-state index in [1.54, 1.807) is 24.3 Å². The summed E-state index contributed by atoms with van der Waals surface area (Å²) in [6.45, 7) is -0.390. The summed E-state index contributed by atoms with van der Waals surface area (Å²) in [5.74, 6) is -2.23. The van der Waals surface area contributed by atoms with E-state index < -0.39 is 36.0 Å². The number of benzene rings is 1. The number of rotatable bonds is 13. The maximum atomic E-state index is 13.5. The number of thiazole rings is 1. The van der Waals surface area contributed by atoms with Crippen LogP contribution in [0.5, 0.6) is 0 Å². The van der Waals surface area contributed by atoms with Crippen LogP contribution in [0.3, 0.4) is 0 Å². The van der Waals surface area contributed by atoms with Gasteiger partial charge in [0.15, 0.2) is 0 Å². The second-order valence-electron chi connectivity index (χ2n) is 8.06. The number of hydrogen-bond acceptors (Lipinski definition) is 10. The number of nitrogens with two attached hydrogens (primary N) is 2. The lowest BCUT2D eigenvalue weighted by Gasteiger charge is -2.33. The lowest BCUT2D eigenvalue weighted by atomic mass is 9.84. The van der Waals surface area contributed by atoms with Crippen LogP contribution in [0.25, 0.3) is 0 Å². The van der Waals surface area contributed by atoms with Crippen molar-refractivity contribution in [1.29, 1.82) is 10.8 Å². The van der Waals surface area contributed by atoms with Crippen LogP contribution in [0.15, 0.2) is 30.5 Å². The zero-order chi connectivity index (χ0) is 28.3. The van der Waals surface area contributed by atoms with Crippen LogP contribution < -0.4 is 27.4 Å². The van der Waals surface area contributed by atoms with Crippen LogP contribution in [0.2, 0.25) is 0 Å². The van der Waals surface area contributed by atoms with Crippen molar-refractivity contribution in [3.63, 3.8) is 0 Å². The summed E-state index contributed by atoms with van der Waals surface area (Å²) in [5.41, 5.74) is 10.2. The number of esters is 1. The number of carbonyl (C=O) groups excluding carboxylic acids is 4. The number of hydrogen-bond donors (Lipinski definition) is 7. The van der Waals surface area contributed by atoms with Crippen molar-refractivity contribution in [3.8, 4) is 0 Å². The van der Waals surface area contributed by atoms with Crippen molar-refractivity contribution in [2.75, 3.05) is 20.8 Å². The van der Waals surface area contributed by atoms with Gasteiger partial charge in [0.05, 0.1) is 32.2 Å². The van der Waals surface area contributed by atoms with E-state index in [9.17, 15) is 19.2 Å². The van der Waals surface area contributed by atoms with E-state index in [0.717, 1.165) is 18.4 Å². The highest BCUT2D eigenvalue weighted by Crippen LogP contribution is 2.22. The first-order valence-electron chi connectivity index (χ1n) is 11.2.